The predicted octanol–water partition coefficient (Wildman–Crippen LogP) is 3.30. The van der Waals surface area contributed by atoms with Gasteiger partial charge in [-0.3, -0.25) is 10.1 Å². The van der Waals surface area contributed by atoms with Gasteiger partial charge < -0.3 is 4.74 Å². The van der Waals surface area contributed by atoms with Gasteiger partial charge in [0.2, 0.25) is 19.3 Å². The minimum atomic E-state index is -3.90. The Balaban J connectivity index is 1.74. The van der Waals surface area contributed by atoms with Crippen LogP contribution in [0.15, 0.2) is 52.9 Å². The summed E-state index contributed by atoms with van der Waals surface area (Å²) >= 11 is 0.707. The van der Waals surface area contributed by atoms with E-state index >= 15 is 0 Å². The lowest BCUT2D eigenvalue weighted by molar-refractivity contribution is 0.102. The van der Waals surface area contributed by atoms with Gasteiger partial charge >= 0.3 is 0 Å². The second-order valence-corrected chi connectivity index (χ2v) is 8.78. The zero-order chi connectivity index (χ0) is 20.1. The maximum atomic E-state index is 13.7. The number of sulfone groups is 1. The maximum absolute atomic E-state index is 13.7. The van der Waals surface area contributed by atoms with Crippen LogP contribution in [0.5, 0.6) is 5.75 Å². The van der Waals surface area contributed by atoms with Gasteiger partial charge in [-0.1, -0.05) is 35.6 Å². The van der Waals surface area contributed by atoms with Crippen molar-refractivity contribution < 1.29 is 22.3 Å². The molecule has 146 valence electrons. The number of amides is 1. The van der Waals surface area contributed by atoms with Gasteiger partial charge in [-0.25, -0.2) is 12.8 Å². The lowest BCUT2D eigenvalue weighted by atomic mass is 10.2. The summed E-state index contributed by atoms with van der Waals surface area (Å²) in [7, 11) is -3.90. The number of carbonyl (C=O) groups is 1. The molecule has 0 unspecified atom stereocenters. The monoisotopic (exact) mass is 421 g/mol. The number of benzene rings is 2. The molecule has 1 aromatic heterocycles. The molecule has 3 aromatic rings. The molecule has 3 rings (SSSR count). The average molecular weight is 421 g/mol. The molecule has 28 heavy (non-hydrogen) atoms. The van der Waals surface area contributed by atoms with Crippen LogP contribution in [0.1, 0.15) is 22.8 Å². The van der Waals surface area contributed by atoms with Crippen molar-refractivity contribution in [1.29, 1.82) is 0 Å². The number of carbonyl (C=O) groups excluding carboxylic acids is 1. The van der Waals surface area contributed by atoms with Gasteiger partial charge in [0.1, 0.15) is 11.6 Å². The molecule has 0 aliphatic heterocycles. The fourth-order valence-corrected chi connectivity index (χ4v) is 4.66. The zero-order valence-corrected chi connectivity index (χ0v) is 16.4. The van der Waals surface area contributed by atoms with Crippen LogP contribution in [0.2, 0.25) is 0 Å². The summed E-state index contributed by atoms with van der Waals surface area (Å²) in [6.45, 7) is 2.29. The first-order valence-electron chi connectivity index (χ1n) is 8.23. The largest absolute Gasteiger partial charge is 0.494 e. The maximum Gasteiger partial charge on any atom is 0.257 e. The molecule has 0 saturated carbocycles. The van der Waals surface area contributed by atoms with Crippen LogP contribution >= 0.6 is 11.3 Å². The Morgan fingerprint density at radius 1 is 1.18 bits per heavy atom. The number of rotatable bonds is 7. The SMILES string of the molecule is CCOc1cccc(C(=O)Nc2nnc(S(=O)(=O)Cc3ccccc3F)s2)c1. The van der Waals surface area contributed by atoms with Crippen LogP contribution < -0.4 is 10.1 Å². The van der Waals surface area contributed by atoms with Gasteiger partial charge in [-0.2, -0.15) is 0 Å². The fourth-order valence-electron chi connectivity index (χ4n) is 2.33. The Morgan fingerprint density at radius 2 is 1.96 bits per heavy atom. The van der Waals surface area contributed by atoms with Crippen molar-refractivity contribution >= 4 is 32.2 Å². The number of nitrogens with one attached hydrogen (secondary N) is 1. The van der Waals surface area contributed by atoms with E-state index in [1.165, 1.54) is 18.2 Å². The van der Waals surface area contributed by atoms with Crippen molar-refractivity contribution in [2.24, 2.45) is 0 Å². The number of aromatic nitrogens is 2. The topological polar surface area (TPSA) is 98.2 Å². The number of halogens is 1. The molecule has 7 nitrogen and oxygen atoms in total. The molecule has 0 fully saturated rings. The number of anilines is 1. The highest BCUT2D eigenvalue weighted by Crippen LogP contribution is 2.25. The molecule has 0 aliphatic carbocycles. The third-order valence-corrected chi connectivity index (χ3v) is 6.55. The highest BCUT2D eigenvalue weighted by atomic mass is 32.2. The second kappa shape index (κ2) is 8.44. The Hall–Kier alpha value is -2.85. The molecular weight excluding hydrogens is 405 g/mol. The average Bonchev–Trinajstić information content (AvgIpc) is 3.13. The van der Waals surface area contributed by atoms with E-state index in [9.17, 15) is 17.6 Å². The molecule has 0 spiro atoms. The summed E-state index contributed by atoms with van der Waals surface area (Å²) < 4.78 is 43.7. The number of nitrogens with zero attached hydrogens (tertiary/aromatic N) is 2. The van der Waals surface area contributed by atoms with E-state index in [0.29, 0.717) is 29.3 Å². The molecular formula is C18H16FN3O4S2. The second-order valence-electron chi connectivity index (χ2n) is 5.64. The summed E-state index contributed by atoms with van der Waals surface area (Å²) in [5, 5.41) is 9.86. The minimum absolute atomic E-state index is 0.0268. The molecule has 0 radical (unpaired) electrons. The van der Waals surface area contributed by atoms with E-state index in [0.717, 1.165) is 0 Å². The normalized spacial score (nSPS) is 11.2. The number of hydrogen-bond donors (Lipinski definition) is 1. The van der Waals surface area contributed by atoms with Crippen LogP contribution in [0.3, 0.4) is 0 Å². The van der Waals surface area contributed by atoms with E-state index < -0.39 is 27.3 Å². The third kappa shape index (κ3) is 4.70. The number of hydrogen-bond acceptors (Lipinski definition) is 7. The molecule has 0 saturated heterocycles. The standard InChI is InChI=1S/C18H16FN3O4S2/c1-2-26-14-8-5-7-12(10-14)16(23)20-17-21-22-18(27-17)28(24,25)11-13-6-3-4-9-15(13)19/h3-10H,2,11H2,1H3,(H,20,21,23). The van der Waals surface area contributed by atoms with Gasteiger partial charge in [0.25, 0.3) is 5.91 Å². The van der Waals surface area contributed by atoms with E-state index in [-0.39, 0.29) is 15.0 Å². The molecule has 1 heterocycles. The molecule has 1 amide bonds. The van der Waals surface area contributed by atoms with Crippen LogP contribution in [0.25, 0.3) is 0 Å². The Labute approximate surface area is 165 Å². The minimum Gasteiger partial charge on any atom is -0.494 e. The van der Waals surface area contributed by atoms with Crippen molar-refractivity contribution in [2.75, 3.05) is 11.9 Å². The van der Waals surface area contributed by atoms with E-state index in [1.54, 1.807) is 30.3 Å². The first-order valence-corrected chi connectivity index (χ1v) is 10.7. The van der Waals surface area contributed by atoms with Crippen molar-refractivity contribution in [3.05, 3.63) is 65.5 Å². The first kappa shape index (κ1) is 19.9. The van der Waals surface area contributed by atoms with Gasteiger partial charge in [0.05, 0.1) is 12.4 Å². The lowest BCUT2D eigenvalue weighted by Crippen LogP contribution is -2.11. The van der Waals surface area contributed by atoms with Gasteiger partial charge in [0, 0.05) is 11.1 Å². The smallest absolute Gasteiger partial charge is 0.257 e. The molecule has 10 heteroatoms. The van der Waals surface area contributed by atoms with Crippen molar-refractivity contribution in [3.8, 4) is 5.75 Å². The molecule has 0 bridgehead atoms. The highest BCUT2D eigenvalue weighted by molar-refractivity contribution is 7.92. The Morgan fingerprint density at radius 3 is 2.71 bits per heavy atom. The van der Waals surface area contributed by atoms with Crippen molar-refractivity contribution in [2.45, 2.75) is 17.0 Å². The summed E-state index contributed by atoms with van der Waals surface area (Å²) in [5.74, 6) is -1.09. The molecule has 0 aliphatic rings. The Bertz CT molecular complexity index is 1100. The number of ether oxygens (including phenoxy) is 1. The summed E-state index contributed by atoms with van der Waals surface area (Å²) in [6.07, 6.45) is 0. The van der Waals surface area contributed by atoms with E-state index in [2.05, 4.69) is 15.5 Å². The van der Waals surface area contributed by atoms with Gasteiger partial charge in [-0.15, -0.1) is 10.2 Å². The highest BCUT2D eigenvalue weighted by Gasteiger charge is 2.23. The predicted molar refractivity (Wildman–Crippen MR) is 103 cm³/mol. The lowest BCUT2D eigenvalue weighted by Gasteiger charge is -2.05. The third-order valence-electron chi connectivity index (χ3n) is 3.60. The molecule has 2 aromatic carbocycles. The summed E-state index contributed by atoms with van der Waals surface area (Å²) in [5.41, 5.74) is 0.368. The van der Waals surface area contributed by atoms with Gasteiger partial charge in [-0.05, 0) is 31.2 Å². The zero-order valence-electron chi connectivity index (χ0n) is 14.8. The quantitative estimate of drug-likeness (QED) is 0.588. The van der Waals surface area contributed by atoms with Crippen molar-refractivity contribution in [1.82, 2.24) is 10.2 Å². The van der Waals surface area contributed by atoms with Crippen LogP contribution in [-0.4, -0.2) is 31.1 Å². The van der Waals surface area contributed by atoms with Crippen LogP contribution in [0, 0.1) is 5.82 Å². The summed E-state index contributed by atoms with van der Waals surface area (Å²) in [6, 6.07) is 12.2. The van der Waals surface area contributed by atoms with E-state index in [1.807, 2.05) is 6.92 Å². The molecule has 0 atom stereocenters. The fraction of sp³-hybridized carbons (Fsp3) is 0.167. The van der Waals surface area contributed by atoms with Crippen LogP contribution in [-0.2, 0) is 15.6 Å². The summed E-state index contributed by atoms with van der Waals surface area (Å²) in [4.78, 5) is 12.3. The Kier molecular flexibility index (Phi) is 6.00. The van der Waals surface area contributed by atoms with Crippen LogP contribution in [0.4, 0.5) is 9.52 Å². The van der Waals surface area contributed by atoms with Crippen molar-refractivity contribution in [3.63, 3.8) is 0 Å². The molecule has 1 N–H and O–H groups in total. The van der Waals surface area contributed by atoms with Gasteiger partial charge in [0.15, 0.2) is 0 Å². The van der Waals surface area contributed by atoms with E-state index in [4.69, 9.17) is 4.74 Å². The first-order chi connectivity index (χ1) is 13.4.